The third-order valence-electron chi connectivity index (χ3n) is 4.24. The Morgan fingerprint density at radius 1 is 1.17 bits per heavy atom. The zero-order valence-corrected chi connectivity index (χ0v) is 16.3. The lowest BCUT2D eigenvalue weighted by molar-refractivity contribution is 0.557. The van der Waals surface area contributed by atoms with Crippen molar-refractivity contribution in [2.45, 2.75) is 64.8 Å². The number of hydrogen-bond acceptors (Lipinski definition) is 3. The first-order valence-corrected chi connectivity index (χ1v) is 9.55. The Morgan fingerprint density at radius 3 is 2.29 bits per heavy atom. The minimum atomic E-state index is -3.64. The lowest BCUT2D eigenvalue weighted by Gasteiger charge is -2.23. The molecule has 1 unspecified atom stereocenters. The highest BCUT2D eigenvalue weighted by Crippen LogP contribution is 2.29. The normalized spacial score (nSPS) is 14.0. The second-order valence-corrected chi connectivity index (χ2v) is 9.14. The van der Waals surface area contributed by atoms with Crippen LogP contribution in [-0.2, 0) is 15.4 Å². The average molecular weight is 350 g/mol. The average Bonchev–Trinajstić information content (AvgIpc) is 2.86. The van der Waals surface area contributed by atoms with E-state index in [1.54, 1.807) is 19.2 Å². The largest absolute Gasteiger partial charge is 0.345 e. The van der Waals surface area contributed by atoms with E-state index in [1.165, 1.54) is 0 Å². The number of benzene rings is 1. The van der Waals surface area contributed by atoms with Gasteiger partial charge in [-0.1, -0.05) is 26.8 Å². The third kappa shape index (κ3) is 3.87. The highest BCUT2D eigenvalue weighted by Gasteiger charge is 2.25. The molecule has 0 aliphatic carbocycles. The molecule has 0 aliphatic rings. The van der Waals surface area contributed by atoms with Gasteiger partial charge in [0.1, 0.15) is 5.82 Å². The number of sulfonamides is 1. The van der Waals surface area contributed by atoms with Crippen LogP contribution in [0.25, 0.3) is 0 Å². The van der Waals surface area contributed by atoms with Crippen molar-refractivity contribution >= 4 is 10.0 Å². The molecule has 0 spiro atoms. The lowest BCUT2D eigenvalue weighted by atomic mass is 9.85. The Labute approximate surface area is 145 Å². The zero-order valence-electron chi connectivity index (χ0n) is 15.5. The number of hydrogen-bond donors (Lipinski definition) is 2. The fourth-order valence-corrected chi connectivity index (χ4v) is 4.09. The summed E-state index contributed by atoms with van der Waals surface area (Å²) in [5.74, 6) is 0.609. The minimum Gasteiger partial charge on any atom is -0.345 e. The van der Waals surface area contributed by atoms with Crippen LogP contribution in [-0.4, -0.2) is 18.4 Å². The van der Waals surface area contributed by atoms with E-state index < -0.39 is 16.1 Å². The smallest absolute Gasteiger partial charge is 0.241 e. The summed E-state index contributed by atoms with van der Waals surface area (Å²) in [5, 5.41) is 0. The standard InChI is InChI=1S/C18H27N3O2S/c1-11-8-15(18(5,6)7)9-16(13(11)3)24(22,23)21-14(4)17-19-10-12(2)20-17/h8-10,14,21H,1-7H3,(H,19,20). The Hall–Kier alpha value is -1.66. The molecule has 0 saturated carbocycles. The van der Waals surface area contributed by atoms with Crippen LogP contribution in [0.4, 0.5) is 0 Å². The number of aromatic nitrogens is 2. The molecule has 1 atom stereocenters. The van der Waals surface area contributed by atoms with Gasteiger partial charge in [0, 0.05) is 11.9 Å². The van der Waals surface area contributed by atoms with Crippen molar-refractivity contribution in [1.29, 1.82) is 0 Å². The molecule has 1 aromatic heterocycles. The summed E-state index contributed by atoms with van der Waals surface area (Å²) < 4.78 is 28.6. The van der Waals surface area contributed by atoms with Crippen molar-refractivity contribution in [2.24, 2.45) is 0 Å². The van der Waals surface area contributed by atoms with Crippen LogP contribution in [0.5, 0.6) is 0 Å². The predicted octanol–water partition coefficient (Wildman–Crippen LogP) is 3.67. The van der Waals surface area contributed by atoms with Crippen molar-refractivity contribution in [2.75, 3.05) is 0 Å². The summed E-state index contributed by atoms with van der Waals surface area (Å²) in [7, 11) is -3.64. The van der Waals surface area contributed by atoms with Gasteiger partial charge in [0.15, 0.2) is 0 Å². The van der Waals surface area contributed by atoms with Crippen molar-refractivity contribution in [3.05, 3.63) is 46.5 Å². The molecule has 2 aromatic rings. The SMILES string of the molecule is Cc1cnc(C(C)NS(=O)(=O)c2cc(C(C)(C)C)cc(C)c2C)[nH]1. The van der Waals surface area contributed by atoms with Gasteiger partial charge in [-0.3, -0.25) is 0 Å². The van der Waals surface area contributed by atoms with Gasteiger partial charge in [0.05, 0.1) is 10.9 Å². The Balaban J connectivity index is 2.43. The van der Waals surface area contributed by atoms with E-state index in [1.807, 2.05) is 20.8 Å². The fraction of sp³-hybridized carbons (Fsp3) is 0.500. The molecule has 0 amide bonds. The molecule has 1 aromatic carbocycles. The number of aromatic amines is 1. The molecule has 1 heterocycles. The molecule has 5 nitrogen and oxygen atoms in total. The van der Waals surface area contributed by atoms with Crippen molar-refractivity contribution in [3.63, 3.8) is 0 Å². The molecule has 6 heteroatoms. The zero-order chi connectivity index (χ0) is 18.3. The molecule has 24 heavy (non-hydrogen) atoms. The van der Waals surface area contributed by atoms with E-state index >= 15 is 0 Å². The van der Waals surface area contributed by atoms with Crippen molar-refractivity contribution in [1.82, 2.24) is 14.7 Å². The van der Waals surface area contributed by atoms with E-state index in [2.05, 4.69) is 41.5 Å². The van der Waals surface area contributed by atoms with Crippen LogP contribution < -0.4 is 4.72 Å². The lowest BCUT2D eigenvalue weighted by Crippen LogP contribution is -2.29. The first-order chi connectivity index (χ1) is 10.9. The van der Waals surface area contributed by atoms with E-state index in [9.17, 15) is 8.42 Å². The summed E-state index contributed by atoms with van der Waals surface area (Å²) in [6.45, 7) is 13.7. The van der Waals surface area contributed by atoms with Crippen LogP contribution in [0.15, 0.2) is 23.2 Å². The van der Waals surface area contributed by atoms with E-state index in [0.717, 1.165) is 22.4 Å². The maximum atomic E-state index is 12.9. The van der Waals surface area contributed by atoms with Crippen LogP contribution in [0.3, 0.4) is 0 Å². The molecular formula is C18H27N3O2S. The van der Waals surface area contributed by atoms with Crippen LogP contribution >= 0.6 is 0 Å². The predicted molar refractivity (Wildman–Crippen MR) is 96.7 cm³/mol. The summed E-state index contributed by atoms with van der Waals surface area (Å²) in [6, 6.07) is 3.42. The van der Waals surface area contributed by atoms with Gasteiger partial charge in [0.25, 0.3) is 0 Å². The topological polar surface area (TPSA) is 74.8 Å². The molecule has 0 aliphatic heterocycles. The highest BCUT2D eigenvalue weighted by atomic mass is 32.2. The first kappa shape index (κ1) is 18.7. The van der Waals surface area contributed by atoms with E-state index in [4.69, 9.17) is 0 Å². The third-order valence-corrected chi connectivity index (χ3v) is 5.91. The Kier molecular flexibility index (Phi) is 4.93. The van der Waals surface area contributed by atoms with Gasteiger partial charge in [0.2, 0.25) is 10.0 Å². The maximum absolute atomic E-state index is 12.9. The number of H-pyrrole nitrogens is 1. The quantitative estimate of drug-likeness (QED) is 0.884. The van der Waals surface area contributed by atoms with Gasteiger partial charge >= 0.3 is 0 Å². The molecule has 0 radical (unpaired) electrons. The van der Waals surface area contributed by atoms with Crippen LogP contribution in [0.1, 0.15) is 61.9 Å². The summed E-state index contributed by atoms with van der Waals surface area (Å²) in [5.41, 5.74) is 3.54. The molecule has 0 saturated heterocycles. The molecular weight excluding hydrogens is 322 g/mol. The van der Waals surface area contributed by atoms with E-state index in [-0.39, 0.29) is 5.41 Å². The minimum absolute atomic E-state index is 0.119. The van der Waals surface area contributed by atoms with Gasteiger partial charge in [-0.05, 0) is 55.9 Å². The van der Waals surface area contributed by atoms with E-state index in [0.29, 0.717) is 10.7 Å². The second-order valence-electron chi connectivity index (χ2n) is 7.46. The highest BCUT2D eigenvalue weighted by molar-refractivity contribution is 7.89. The number of nitrogens with zero attached hydrogens (tertiary/aromatic N) is 1. The number of nitrogens with one attached hydrogen (secondary N) is 2. The molecule has 0 bridgehead atoms. The first-order valence-electron chi connectivity index (χ1n) is 8.07. The number of aryl methyl sites for hydroxylation is 2. The summed E-state index contributed by atoms with van der Waals surface area (Å²) in [4.78, 5) is 7.62. The van der Waals surface area contributed by atoms with Crippen molar-refractivity contribution < 1.29 is 8.42 Å². The summed E-state index contributed by atoms with van der Waals surface area (Å²) >= 11 is 0. The molecule has 2 N–H and O–H groups in total. The number of rotatable bonds is 4. The number of imidazole rings is 1. The van der Waals surface area contributed by atoms with Crippen molar-refractivity contribution in [3.8, 4) is 0 Å². The Morgan fingerprint density at radius 2 is 1.79 bits per heavy atom. The van der Waals surface area contributed by atoms with Gasteiger partial charge in [-0.2, -0.15) is 0 Å². The fourth-order valence-electron chi connectivity index (χ4n) is 2.54. The monoisotopic (exact) mass is 349 g/mol. The Bertz CT molecular complexity index is 846. The summed E-state index contributed by atoms with van der Waals surface area (Å²) in [6.07, 6.45) is 1.69. The maximum Gasteiger partial charge on any atom is 0.241 e. The van der Waals surface area contributed by atoms with Crippen LogP contribution in [0, 0.1) is 20.8 Å². The van der Waals surface area contributed by atoms with Gasteiger partial charge in [-0.15, -0.1) is 0 Å². The van der Waals surface area contributed by atoms with Gasteiger partial charge < -0.3 is 4.98 Å². The molecule has 2 rings (SSSR count). The second kappa shape index (κ2) is 6.33. The van der Waals surface area contributed by atoms with Gasteiger partial charge in [-0.25, -0.2) is 18.1 Å². The van der Waals surface area contributed by atoms with Crippen LogP contribution in [0.2, 0.25) is 0 Å². The molecule has 132 valence electrons. The molecule has 0 fully saturated rings.